The molecule has 34 heavy (non-hydrogen) atoms. The number of nitrogens with one attached hydrogen (secondary N) is 2. The summed E-state index contributed by atoms with van der Waals surface area (Å²) in [6.45, 7) is 7.24. The molecule has 0 bridgehead atoms. The molecule has 5 rings (SSSR count). The number of benzene rings is 2. The fourth-order valence-electron chi connectivity index (χ4n) is 4.99. The molecule has 2 heterocycles. The van der Waals surface area contributed by atoms with Crippen molar-refractivity contribution in [2.24, 2.45) is 5.41 Å². The van der Waals surface area contributed by atoms with Gasteiger partial charge in [-0.05, 0) is 60.1 Å². The summed E-state index contributed by atoms with van der Waals surface area (Å²) in [7, 11) is -3.78. The Bertz CT molecular complexity index is 1220. The van der Waals surface area contributed by atoms with E-state index in [0.29, 0.717) is 43.7 Å². The molecule has 1 saturated carbocycles. The van der Waals surface area contributed by atoms with Gasteiger partial charge in [0, 0.05) is 24.5 Å². The van der Waals surface area contributed by atoms with E-state index in [-0.39, 0.29) is 17.0 Å². The Morgan fingerprint density at radius 2 is 1.91 bits per heavy atom. The summed E-state index contributed by atoms with van der Waals surface area (Å²) in [5.41, 5.74) is 2.84. The zero-order valence-corrected chi connectivity index (χ0v) is 20.3. The van der Waals surface area contributed by atoms with Gasteiger partial charge in [-0.3, -0.25) is 4.79 Å². The highest BCUT2D eigenvalue weighted by Crippen LogP contribution is 2.46. The van der Waals surface area contributed by atoms with E-state index in [1.165, 1.54) is 6.07 Å². The lowest BCUT2D eigenvalue weighted by Gasteiger charge is -2.42. The van der Waals surface area contributed by atoms with Crippen LogP contribution in [0.1, 0.15) is 54.2 Å². The molecule has 2 N–H and O–H groups in total. The SMILES string of the molecule is CC1(C)Cc2c(ccc(F)c2C(=O)NS(=O)(=O)C2CC2)NC1c1cccc(N2CCOCC2)c1. The average Bonchev–Trinajstić information content (AvgIpc) is 3.65. The largest absolute Gasteiger partial charge is 0.378 e. The van der Waals surface area contributed by atoms with Crippen LogP contribution < -0.4 is 14.9 Å². The Morgan fingerprint density at radius 3 is 2.62 bits per heavy atom. The molecule has 1 saturated heterocycles. The van der Waals surface area contributed by atoms with E-state index in [1.54, 1.807) is 6.07 Å². The number of fused-ring (bicyclic) bond motifs is 1. The van der Waals surface area contributed by atoms with Crippen LogP contribution >= 0.6 is 0 Å². The minimum Gasteiger partial charge on any atom is -0.378 e. The van der Waals surface area contributed by atoms with Crippen molar-refractivity contribution in [2.75, 3.05) is 36.5 Å². The van der Waals surface area contributed by atoms with Crippen LogP contribution in [0.5, 0.6) is 0 Å². The first kappa shape index (κ1) is 23.1. The highest BCUT2D eigenvalue weighted by atomic mass is 32.2. The molecule has 2 aromatic rings. The number of rotatable bonds is 5. The Hall–Kier alpha value is -2.65. The third-order valence-corrected chi connectivity index (χ3v) is 8.80. The van der Waals surface area contributed by atoms with Gasteiger partial charge in [0.25, 0.3) is 5.91 Å². The molecular formula is C25H30FN3O4S. The van der Waals surface area contributed by atoms with E-state index in [4.69, 9.17) is 4.74 Å². The van der Waals surface area contributed by atoms with Crippen molar-refractivity contribution in [3.8, 4) is 0 Å². The van der Waals surface area contributed by atoms with E-state index in [0.717, 1.165) is 24.3 Å². The molecule has 1 amide bonds. The van der Waals surface area contributed by atoms with E-state index in [2.05, 4.69) is 47.0 Å². The van der Waals surface area contributed by atoms with Crippen LogP contribution in [0.2, 0.25) is 0 Å². The average molecular weight is 488 g/mol. The number of sulfonamides is 1. The number of halogens is 1. The quantitative estimate of drug-likeness (QED) is 0.670. The van der Waals surface area contributed by atoms with Crippen molar-refractivity contribution in [1.29, 1.82) is 0 Å². The van der Waals surface area contributed by atoms with Gasteiger partial charge in [0.1, 0.15) is 5.82 Å². The number of nitrogens with zero attached hydrogens (tertiary/aromatic N) is 1. The molecule has 2 aromatic carbocycles. The number of anilines is 2. The molecule has 7 nitrogen and oxygen atoms in total. The lowest BCUT2D eigenvalue weighted by molar-refractivity contribution is 0.0975. The molecule has 182 valence electrons. The topological polar surface area (TPSA) is 87.7 Å². The van der Waals surface area contributed by atoms with Crippen molar-refractivity contribution in [1.82, 2.24) is 4.72 Å². The van der Waals surface area contributed by atoms with Gasteiger partial charge in [0.2, 0.25) is 10.0 Å². The molecule has 9 heteroatoms. The highest BCUT2D eigenvalue weighted by Gasteiger charge is 2.41. The summed E-state index contributed by atoms with van der Waals surface area (Å²) in [6.07, 6.45) is 1.47. The van der Waals surface area contributed by atoms with Crippen molar-refractivity contribution in [3.63, 3.8) is 0 Å². The van der Waals surface area contributed by atoms with Gasteiger partial charge >= 0.3 is 0 Å². The van der Waals surface area contributed by atoms with Crippen molar-refractivity contribution < 1.29 is 22.3 Å². The number of carbonyl (C=O) groups is 1. The molecule has 0 aromatic heterocycles. The predicted molar refractivity (Wildman–Crippen MR) is 129 cm³/mol. The van der Waals surface area contributed by atoms with Crippen LogP contribution in [0.25, 0.3) is 0 Å². The molecular weight excluding hydrogens is 457 g/mol. The van der Waals surface area contributed by atoms with Crippen LogP contribution in [-0.4, -0.2) is 45.9 Å². The highest BCUT2D eigenvalue weighted by molar-refractivity contribution is 7.91. The molecule has 1 unspecified atom stereocenters. The summed E-state index contributed by atoms with van der Waals surface area (Å²) in [5, 5.41) is 2.96. The van der Waals surface area contributed by atoms with Crippen LogP contribution in [0.4, 0.5) is 15.8 Å². The second-order valence-corrected chi connectivity index (χ2v) is 12.0. The third-order valence-electron chi connectivity index (χ3n) is 6.98. The Labute approximate surface area is 199 Å². The first-order chi connectivity index (χ1) is 16.2. The van der Waals surface area contributed by atoms with Crippen LogP contribution in [0.15, 0.2) is 36.4 Å². The van der Waals surface area contributed by atoms with Crippen molar-refractivity contribution in [3.05, 3.63) is 58.9 Å². The van der Waals surface area contributed by atoms with Gasteiger partial charge < -0.3 is 15.0 Å². The summed E-state index contributed by atoms with van der Waals surface area (Å²) in [6, 6.07) is 11.2. The normalized spacial score (nSPS) is 22.0. The number of morpholine rings is 1. The zero-order chi connectivity index (χ0) is 24.1. The van der Waals surface area contributed by atoms with Crippen LogP contribution in [0, 0.1) is 11.2 Å². The van der Waals surface area contributed by atoms with Gasteiger partial charge in [-0.25, -0.2) is 17.5 Å². The lowest BCUT2D eigenvalue weighted by Crippen LogP contribution is -2.39. The first-order valence-corrected chi connectivity index (χ1v) is 13.3. The summed E-state index contributed by atoms with van der Waals surface area (Å²) >= 11 is 0. The van der Waals surface area contributed by atoms with Gasteiger partial charge in [-0.1, -0.05) is 26.0 Å². The van der Waals surface area contributed by atoms with E-state index < -0.39 is 27.0 Å². The molecule has 1 atom stereocenters. The van der Waals surface area contributed by atoms with Crippen molar-refractivity contribution >= 4 is 27.3 Å². The molecule has 1 aliphatic carbocycles. The summed E-state index contributed by atoms with van der Waals surface area (Å²) in [5.74, 6) is -1.61. The maximum absolute atomic E-state index is 14.9. The maximum Gasteiger partial charge on any atom is 0.268 e. The minimum atomic E-state index is -3.78. The van der Waals surface area contributed by atoms with Gasteiger partial charge in [-0.15, -0.1) is 0 Å². The fourth-order valence-corrected chi connectivity index (χ4v) is 6.27. The Morgan fingerprint density at radius 1 is 1.18 bits per heavy atom. The minimum absolute atomic E-state index is 0.0717. The summed E-state index contributed by atoms with van der Waals surface area (Å²) < 4.78 is 47.0. The number of hydrogen-bond acceptors (Lipinski definition) is 6. The Kier molecular flexibility index (Phi) is 5.80. The van der Waals surface area contributed by atoms with E-state index in [1.807, 2.05) is 6.07 Å². The van der Waals surface area contributed by atoms with E-state index in [9.17, 15) is 17.6 Å². The lowest BCUT2D eigenvalue weighted by atomic mass is 9.72. The van der Waals surface area contributed by atoms with Crippen LogP contribution in [0.3, 0.4) is 0 Å². The van der Waals surface area contributed by atoms with Gasteiger partial charge in [0.15, 0.2) is 0 Å². The smallest absolute Gasteiger partial charge is 0.268 e. The standard InChI is InChI=1S/C25H30FN3O4S/c1-25(2)15-19-21(9-8-20(26)22(19)24(30)28-34(31,32)18-6-7-18)27-23(25)16-4-3-5-17(14-16)29-10-12-33-13-11-29/h3-5,8-9,14,18,23,27H,6-7,10-13,15H2,1-2H3,(H,28,30). The van der Waals surface area contributed by atoms with Crippen LogP contribution in [-0.2, 0) is 21.2 Å². The Balaban J connectivity index is 1.46. The number of amides is 1. The van der Waals surface area contributed by atoms with Gasteiger partial charge in [-0.2, -0.15) is 0 Å². The van der Waals surface area contributed by atoms with Crippen molar-refractivity contribution in [2.45, 2.75) is 44.4 Å². The monoisotopic (exact) mass is 487 g/mol. The van der Waals surface area contributed by atoms with E-state index >= 15 is 0 Å². The number of hydrogen-bond donors (Lipinski definition) is 2. The molecule has 0 radical (unpaired) electrons. The molecule has 2 aliphatic heterocycles. The maximum atomic E-state index is 14.9. The molecule has 2 fully saturated rings. The predicted octanol–water partition coefficient (Wildman–Crippen LogP) is 3.62. The zero-order valence-electron chi connectivity index (χ0n) is 19.4. The fraction of sp³-hybridized carbons (Fsp3) is 0.480. The number of ether oxygens (including phenoxy) is 1. The molecule has 0 spiro atoms. The second kappa shape index (κ2) is 8.53. The summed E-state index contributed by atoms with van der Waals surface area (Å²) in [4.78, 5) is 15.2. The third kappa shape index (κ3) is 4.38. The first-order valence-electron chi connectivity index (χ1n) is 11.7. The van der Waals surface area contributed by atoms with Gasteiger partial charge in [0.05, 0.1) is 30.1 Å². The number of carbonyl (C=O) groups excluding carboxylic acids is 1. The molecule has 3 aliphatic rings. The second-order valence-electron chi connectivity index (χ2n) is 10.1.